The van der Waals surface area contributed by atoms with Gasteiger partial charge < -0.3 is 10.4 Å². The molecule has 0 radical (unpaired) electrons. The largest absolute Gasteiger partial charge is 0.846 e. The van der Waals surface area contributed by atoms with Gasteiger partial charge in [-0.1, -0.05) is 28.9 Å². The van der Waals surface area contributed by atoms with Crippen LogP contribution in [0.5, 0.6) is 0 Å². The van der Waals surface area contributed by atoms with Crippen molar-refractivity contribution < 1.29 is 9.20 Å². The van der Waals surface area contributed by atoms with Gasteiger partial charge in [0, 0.05) is 5.69 Å². The smallest absolute Gasteiger partial charge is 0.247 e. The number of benzene rings is 1. The van der Waals surface area contributed by atoms with E-state index in [2.05, 4.69) is 29.0 Å². The van der Waals surface area contributed by atoms with Crippen LogP contribution in [0.1, 0.15) is 0 Å². The van der Waals surface area contributed by atoms with E-state index in [9.17, 15) is 5.11 Å². The third-order valence-electron chi connectivity index (χ3n) is 1.72. The molecule has 17 heavy (non-hydrogen) atoms. The van der Waals surface area contributed by atoms with Crippen molar-refractivity contribution in [1.29, 1.82) is 0 Å². The summed E-state index contributed by atoms with van der Waals surface area (Å²) in [6.07, 6.45) is 0. The second kappa shape index (κ2) is 6.59. The maximum absolute atomic E-state index is 11.5. The molecule has 0 saturated heterocycles. The molecule has 0 heterocycles. The Morgan fingerprint density at radius 2 is 2.06 bits per heavy atom. The first-order valence-corrected chi connectivity index (χ1v) is 5.62. The zero-order chi connectivity index (χ0) is 12.7. The van der Waals surface area contributed by atoms with Gasteiger partial charge in [-0.3, -0.25) is 0 Å². The van der Waals surface area contributed by atoms with Crippen LogP contribution in [0.2, 0.25) is 0 Å². The summed E-state index contributed by atoms with van der Waals surface area (Å²) in [5.41, 5.74) is 3.45. The Balaban J connectivity index is 2.55. The molecule has 90 valence electrons. The van der Waals surface area contributed by atoms with Gasteiger partial charge in [-0.25, -0.2) is 4.99 Å². The van der Waals surface area contributed by atoms with Gasteiger partial charge in [-0.2, -0.15) is 5.43 Å². The topological polar surface area (TPSA) is 62.5 Å². The number of nitrogens with zero attached hydrogens (tertiary/aromatic N) is 2. The predicted molar refractivity (Wildman–Crippen MR) is 70.7 cm³/mol. The highest BCUT2D eigenvalue weighted by molar-refractivity contribution is 7.97. The summed E-state index contributed by atoms with van der Waals surface area (Å²) >= 11 is 1.13. The summed E-state index contributed by atoms with van der Waals surface area (Å²) < 4.78 is 1.45. The van der Waals surface area contributed by atoms with Crippen molar-refractivity contribution in [2.75, 3.05) is 12.4 Å². The third kappa shape index (κ3) is 5.07. The minimum Gasteiger partial charge on any atom is -0.846 e. The van der Waals surface area contributed by atoms with Gasteiger partial charge in [-0.05, 0) is 12.1 Å². The maximum atomic E-state index is 11.5. The lowest BCUT2D eigenvalue weighted by molar-refractivity contribution is -0.404. The van der Waals surface area contributed by atoms with Gasteiger partial charge >= 0.3 is 0 Å². The average Bonchev–Trinajstić information content (AvgIpc) is 2.29. The summed E-state index contributed by atoms with van der Waals surface area (Å²) in [6, 6.07) is 8.64. The highest BCUT2D eigenvalue weighted by atomic mass is 32.2. The van der Waals surface area contributed by atoms with Crippen LogP contribution >= 0.6 is 11.9 Å². The van der Waals surface area contributed by atoms with Crippen LogP contribution in [0.15, 0.2) is 46.9 Å². The molecule has 0 bridgehead atoms. The predicted octanol–water partition coefficient (Wildman–Crippen LogP) is 0.782. The number of rotatable bonds is 5. The van der Waals surface area contributed by atoms with E-state index in [0.717, 1.165) is 11.9 Å². The molecule has 2 N–H and O–H groups in total. The molecule has 0 amide bonds. The Labute approximate surface area is 105 Å². The van der Waals surface area contributed by atoms with Crippen molar-refractivity contribution in [2.45, 2.75) is 0 Å². The number of hydrazone groups is 1. The average molecular weight is 250 g/mol. The fourth-order valence-corrected chi connectivity index (χ4v) is 1.45. The van der Waals surface area contributed by atoms with Crippen LogP contribution in [0.3, 0.4) is 0 Å². The number of amidine groups is 1. The molecule has 0 unspecified atom stereocenters. The number of anilines is 1. The van der Waals surface area contributed by atoms with Crippen molar-refractivity contribution in [3.63, 3.8) is 0 Å². The summed E-state index contributed by atoms with van der Waals surface area (Å²) in [6.45, 7) is 7.26. The van der Waals surface area contributed by atoms with Crippen molar-refractivity contribution >= 4 is 30.4 Å². The molecule has 0 fully saturated rings. The zero-order valence-corrected chi connectivity index (χ0v) is 10.3. The van der Waals surface area contributed by atoms with Crippen LogP contribution in [0.25, 0.3) is 0 Å². The normalized spacial score (nSPS) is 10.8. The summed E-state index contributed by atoms with van der Waals surface area (Å²) in [4.78, 5) is 3.76. The standard InChI is InChI=1S/C11H14N4OS/c1-9(17-15(3)12-2)13-11(16)14-10-7-5-4-6-8-10/h4-8,12H,1,3H2,2H3,(H-,13,14,16). The van der Waals surface area contributed by atoms with Crippen LogP contribution in [0.4, 0.5) is 5.69 Å². The number of hydrazine groups is 1. The number of aliphatic imine (C=N–C) groups is 1. The fraction of sp³-hybridized carbons (Fsp3) is 0.0909. The molecule has 0 aliphatic rings. The van der Waals surface area contributed by atoms with E-state index in [1.165, 1.54) is 4.09 Å². The molecule has 0 aliphatic carbocycles. The molecular formula is C11H14N4OS. The fourth-order valence-electron chi connectivity index (χ4n) is 0.979. The maximum Gasteiger partial charge on any atom is 0.247 e. The molecular weight excluding hydrogens is 236 g/mol. The molecule has 6 heteroatoms. The second-order valence-corrected chi connectivity index (χ2v) is 4.09. The summed E-state index contributed by atoms with van der Waals surface area (Å²) in [7, 11) is 1.71. The molecule has 0 atom stereocenters. The lowest BCUT2D eigenvalue weighted by Gasteiger charge is -2.12. The van der Waals surface area contributed by atoms with E-state index in [0.29, 0.717) is 10.7 Å². The Kier molecular flexibility index (Phi) is 5.09. The SMILES string of the molecule is C=C(N=C([O-])Nc1ccccc1)S[N+](=C)NC. The minimum absolute atomic E-state index is 0.350. The number of nitrogens with one attached hydrogen (secondary N) is 2. The second-order valence-electron chi connectivity index (χ2n) is 3.00. The van der Waals surface area contributed by atoms with Crippen LogP contribution in [-0.4, -0.2) is 23.9 Å². The van der Waals surface area contributed by atoms with Crippen molar-refractivity contribution in [1.82, 2.24) is 5.43 Å². The molecule has 0 saturated carbocycles. The molecule has 1 rings (SSSR count). The summed E-state index contributed by atoms with van der Waals surface area (Å²) in [5.74, 6) is 0. The molecule has 5 nitrogen and oxygen atoms in total. The Morgan fingerprint density at radius 3 is 2.65 bits per heavy atom. The van der Waals surface area contributed by atoms with E-state index in [4.69, 9.17) is 0 Å². The van der Waals surface area contributed by atoms with E-state index >= 15 is 0 Å². The summed E-state index contributed by atoms with van der Waals surface area (Å²) in [5, 5.41) is 14.5. The lowest BCUT2D eigenvalue weighted by Crippen LogP contribution is -2.27. The van der Waals surface area contributed by atoms with Gasteiger partial charge in [0.2, 0.25) is 11.9 Å². The third-order valence-corrected chi connectivity index (χ3v) is 2.42. The zero-order valence-electron chi connectivity index (χ0n) is 9.51. The number of para-hydroxylation sites is 1. The van der Waals surface area contributed by atoms with Crippen LogP contribution in [-0.2, 0) is 0 Å². The lowest BCUT2D eigenvalue weighted by atomic mass is 10.3. The molecule has 1 aromatic carbocycles. The van der Waals surface area contributed by atoms with Crippen LogP contribution in [0, 0.1) is 0 Å². The van der Waals surface area contributed by atoms with Crippen LogP contribution < -0.4 is 15.8 Å². The molecule has 0 spiro atoms. The quantitative estimate of drug-likeness (QED) is 0.266. The number of hydrogen-bond acceptors (Lipinski definition) is 4. The van der Waals surface area contributed by atoms with E-state index in [-0.39, 0.29) is 0 Å². The molecule has 1 aromatic rings. The van der Waals surface area contributed by atoms with Crippen molar-refractivity contribution in [3.8, 4) is 0 Å². The highest BCUT2D eigenvalue weighted by Crippen LogP contribution is 2.13. The Morgan fingerprint density at radius 1 is 1.41 bits per heavy atom. The Bertz CT molecular complexity index is 430. The van der Waals surface area contributed by atoms with Crippen molar-refractivity contribution in [3.05, 3.63) is 41.9 Å². The monoisotopic (exact) mass is 250 g/mol. The van der Waals surface area contributed by atoms with Gasteiger partial charge in [0.1, 0.15) is 0 Å². The van der Waals surface area contributed by atoms with E-state index in [1.54, 1.807) is 19.2 Å². The first-order chi connectivity index (χ1) is 8.11. The van der Waals surface area contributed by atoms with E-state index < -0.39 is 6.02 Å². The van der Waals surface area contributed by atoms with Gasteiger partial charge in [-0.15, -0.1) is 0 Å². The Hall–Kier alpha value is -1.95. The first-order valence-electron chi connectivity index (χ1n) is 4.84. The molecule has 0 aliphatic heterocycles. The number of hydrogen-bond donors (Lipinski definition) is 2. The highest BCUT2D eigenvalue weighted by Gasteiger charge is 2.03. The van der Waals surface area contributed by atoms with Gasteiger partial charge in [0.15, 0.2) is 11.7 Å². The first kappa shape index (κ1) is 13.1. The minimum atomic E-state index is -0.460. The molecule has 0 aromatic heterocycles. The van der Waals surface area contributed by atoms with Gasteiger partial charge in [0.05, 0.1) is 13.1 Å². The van der Waals surface area contributed by atoms with E-state index in [1.807, 2.05) is 18.2 Å². The van der Waals surface area contributed by atoms with Gasteiger partial charge in [0.25, 0.3) is 0 Å². The van der Waals surface area contributed by atoms with Crippen molar-refractivity contribution in [2.24, 2.45) is 4.99 Å².